The lowest BCUT2D eigenvalue weighted by Crippen LogP contribution is -2.39. The SMILES string of the molecule is CC/C(=C\c1ccc(O)cc1)CC[C@@H](O)C1=C(C(C)C)C[C@H]2C(=O)N(c3ccc(Nc4ccccc4)cc3)C(=O)[C@H]2[C@H]1CO. The summed E-state index contributed by atoms with van der Waals surface area (Å²) in [6.45, 7) is 5.83. The standard InChI is InChI=1S/C37H42N2O5/c1-4-24(20-25-10-17-29(41)18-11-25)12-19-33(42)34-30(23(2)3)21-31-35(32(34)22-40)37(44)39(36(31)43)28-15-13-27(14-16-28)38-26-8-6-5-7-9-26/h5-11,13-18,20,23,31-33,35,38,40-42H,4,12,19,21-22H2,1-3H3/b24-20+/t31-,32+,33-,35-/m1/s1. The van der Waals surface area contributed by atoms with E-state index in [1.807, 2.05) is 68.4 Å². The van der Waals surface area contributed by atoms with Crippen molar-refractivity contribution in [1.29, 1.82) is 0 Å². The molecule has 4 atom stereocenters. The number of phenols is 1. The van der Waals surface area contributed by atoms with Crippen molar-refractivity contribution in [3.05, 3.63) is 101 Å². The van der Waals surface area contributed by atoms with E-state index in [1.54, 1.807) is 24.3 Å². The number of aliphatic hydroxyl groups is 2. The van der Waals surface area contributed by atoms with E-state index in [0.717, 1.165) is 34.5 Å². The number of amides is 2. The fourth-order valence-electron chi connectivity index (χ4n) is 6.72. The monoisotopic (exact) mass is 594 g/mol. The number of aliphatic hydroxyl groups excluding tert-OH is 2. The number of para-hydroxylation sites is 1. The third-order valence-corrected chi connectivity index (χ3v) is 9.02. The summed E-state index contributed by atoms with van der Waals surface area (Å²) < 4.78 is 0. The number of anilines is 3. The van der Waals surface area contributed by atoms with E-state index in [4.69, 9.17) is 0 Å². The van der Waals surface area contributed by atoms with Gasteiger partial charge >= 0.3 is 0 Å². The van der Waals surface area contributed by atoms with Crippen molar-refractivity contribution in [3.63, 3.8) is 0 Å². The minimum atomic E-state index is -0.847. The highest BCUT2D eigenvalue weighted by atomic mass is 16.3. The van der Waals surface area contributed by atoms with Gasteiger partial charge < -0.3 is 20.6 Å². The van der Waals surface area contributed by atoms with E-state index in [1.165, 1.54) is 4.90 Å². The summed E-state index contributed by atoms with van der Waals surface area (Å²) >= 11 is 0. The Morgan fingerprint density at radius 3 is 2.23 bits per heavy atom. The van der Waals surface area contributed by atoms with Crippen molar-refractivity contribution in [3.8, 4) is 5.75 Å². The zero-order valence-electron chi connectivity index (χ0n) is 25.6. The van der Waals surface area contributed by atoms with Crippen LogP contribution in [0.2, 0.25) is 0 Å². The van der Waals surface area contributed by atoms with Crippen LogP contribution in [0.25, 0.3) is 6.08 Å². The molecular weight excluding hydrogens is 552 g/mol. The Kier molecular flexibility index (Phi) is 9.67. The number of imide groups is 1. The van der Waals surface area contributed by atoms with Crippen molar-refractivity contribution >= 4 is 35.0 Å². The van der Waals surface area contributed by atoms with Gasteiger partial charge in [0, 0.05) is 17.3 Å². The molecule has 1 saturated heterocycles. The van der Waals surface area contributed by atoms with Crippen molar-refractivity contribution < 1.29 is 24.9 Å². The average Bonchev–Trinajstić information content (AvgIpc) is 3.28. The highest BCUT2D eigenvalue weighted by molar-refractivity contribution is 6.22. The molecule has 2 aliphatic rings. The summed E-state index contributed by atoms with van der Waals surface area (Å²) in [5, 5.41) is 35.2. The van der Waals surface area contributed by atoms with E-state index in [2.05, 4.69) is 18.3 Å². The van der Waals surface area contributed by atoms with Crippen molar-refractivity contribution in [2.45, 2.75) is 52.6 Å². The van der Waals surface area contributed by atoms with Gasteiger partial charge in [0.1, 0.15) is 5.75 Å². The molecule has 0 saturated carbocycles. The lowest BCUT2D eigenvalue weighted by atomic mass is 9.66. The second-order valence-corrected chi connectivity index (χ2v) is 12.1. The van der Waals surface area contributed by atoms with Gasteiger partial charge in [-0.3, -0.25) is 14.5 Å². The predicted octanol–water partition coefficient (Wildman–Crippen LogP) is 6.84. The molecule has 0 unspecified atom stereocenters. The Morgan fingerprint density at radius 2 is 1.61 bits per heavy atom. The second kappa shape index (κ2) is 13.6. The molecule has 1 fully saturated rings. The fraction of sp³-hybridized carbons (Fsp3) is 0.351. The summed E-state index contributed by atoms with van der Waals surface area (Å²) in [6, 6.07) is 24.0. The number of fused-ring (bicyclic) bond motifs is 1. The van der Waals surface area contributed by atoms with Crippen LogP contribution in [-0.2, 0) is 9.59 Å². The highest BCUT2D eigenvalue weighted by Gasteiger charge is 2.55. The summed E-state index contributed by atoms with van der Waals surface area (Å²) in [5.74, 6) is -2.24. The quantitative estimate of drug-likeness (QED) is 0.143. The predicted molar refractivity (Wildman–Crippen MR) is 174 cm³/mol. The minimum Gasteiger partial charge on any atom is -0.508 e. The van der Waals surface area contributed by atoms with Gasteiger partial charge in [0.25, 0.3) is 0 Å². The third-order valence-electron chi connectivity index (χ3n) is 9.02. The van der Waals surface area contributed by atoms with E-state index < -0.39 is 23.9 Å². The first-order valence-electron chi connectivity index (χ1n) is 15.5. The lowest BCUT2D eigenvalue weighted by Gasteiger charge is -2.38. The van der Waals surface area contributed by atoms with Crippen LogP contribution in [-0.4, -0.2) is 39.8 Å². The lowest BCUT2D eigenvalue weighted by molar-refractivity contribution is -0.123. The molecule has 5 rings (SSSR count). The number of nitrogens with one attached hydrogen (secondary N) is 1. The summed E-state index contributed by atoms with van der Waals surface area (Å²) in [4.78, 5) is 29.0. The van der Waals surface area contributed by atoms with Crippen LogP contribution >= 0.6 is 0 Å². The number of benzene rings is 3. The van der Waals surface area contributed by atoms with Gasteiger partial charge in [0.2, 0.25) is 11.8 Å². The molecule has 0 radical (unpaired) electrons. The molecule has 44 heavy (non-hydrogen) atoms. The van der Waals surface area contributed by atoms with Crippen molar-refractivity contribution in [1.82, 2.24) is 0 Å². The summed E-state index contributed by atoms with van der Waals surface area (Å²) in [7, 11) is 0. The summed E-state index contributed by atoms with van der Waals surface area (Å²) in [5.41, 5.74) is 6.08. The zero-order chi connectivity index (χ0) is 31.4. The topological polar surface area (TPSA) is 110 Å². The van der Waals surface area contributed by atoms with E-state index >= 15 is 0 Å². The highest BCUT2D eigenvalue weighted by Crippen LogP contribution is 2.49. The molecule has 2 amide bonds. The van der Waals surface area contributed by atoms with Gasteiger partial charge in [0.15, 0.2) is 0 Å². The van der Waals surface area contributed by atoms with Gasteiger partial charge in [-0.15, -0.1) is 0 Å². The van der Waals surface area contributed by atoms with Gasteiger partial charge in [-0.05, 0) is 91.3 Å². The Bertz CT molecular complexity index is 1530. The normalized spacial score (nSPS) is 21.2. The van der Waals surface area contributed by atoms with Gasteiger partial charge in [-0.2, -0.15) is 0 Å². The summed E-state index contributed by atoms with van der Waals surface area (Å²) in [6.07, 6.45) is 3.51. The molecule has 0 spiro atoms. The second-order valence-electron chi connectivity index (χ2n) is 12.1. The van der Waals surface area contributed by atoms with Crippen LogP contribution in [0.15, 0.2) is 95.6 Å². The van der Waals surface area contributed by atoms with Crippen LogP contribution in [0.3, 0.4) is 0 Å². The Morgan fingerprint density at radius 1 is 0.955 bits per heavy atom. The average molecular weight is 595 g/mol. The first-order chi connectivity index (χ1) is 21.2. The van der Waals surface area contributed by atoms with Crippen LogP contribution in [0, 0.1) is 23.7 Å². The van der Waals surface area contributed by atoms with Crippen LogP contribution in [0.1, 0.15) is 52.0 Å². The molecule has 0 aromatic heterocycles. The Hall–Kier alpha value is -4.20. The van der Waals surface area contributed by atoms with Gasteiger partial charge in [-0.1, -0.05) is 68.3 Å². The Balaban J connectivity index is 1.36. The number of hydrogen-bond donors (Lipinski definition) is 4. The van der Waals surface area contributed by atoms with Gasteiger partial charge in [0.05, 0.1) is 30.2 Å². The van der Waals surface area contributed by atoms with E-state index in [9.17, 15) is 24.9 Å². The van der Waals surface area contributed by atoms with Crippen molar-refractivity contribution in [2.75, 3.05) is 16.8 Å². The molecule has 3 aromatic rings. The maximum atomic E-state index is 13.9. The molecule has 4 N–H and O–H groups in total. The van der Waals surface area contributed by atoms with E-state index in [-0.39, 0.29) is 30.1 Å². The fourth-order valence-corrected chi connectivity index (χ4v) is 6.72. The van der Waals surface area contributed by atoms with E-state index in [0.29, 0.717) is 30.5 Å². The maximum Gasteiger partial charge on any atom is 0.238 e. The van der Waals surface area contributed by atoms with Crippen molar-refractivity contribution in [2.24, 2.45) is 23.7 Å². The first-order valence-corrected chi connectivity index (χ1v) is 15.5. The number of carbonyl (C=O) groups excluding carboxylic acids is 2. The molecule has 0 bridgehead atoms. The molecule has 1 aliphatic carbocycles. The number of phenolic OH excluding ortho intramolecular Hbond substituents is 1. The Labute approximate surface area is 259 Å². The van der Waals surface area contributed by atoms with Crippen LogP contribution in [0.5, 0.6) is 5.75 Å². The molecular formula is C37H42N2O5. The molecule has 7 nitrogen and oxygen atoms in total. The number of hydrogen-bond acceptors (Lipinski definition) is 6. The first kappa shape index (κ1) is 31.2. The van der Waals surface area contributed by atoms with Crippen LogP contribution < -0.4 is 10.2 Å². The number of aromatic hydroxyl groups is 1. The number of rotatable bonds is 11. The van der Waals surface area contributed by atoms with Gasteiger partial charge in [-0.25, -0.2) is 0 Å². The largest absolute Gasteiger partial charge is 0.508 e. The number of carbonyl (C=O) groups is 2. The molecule has 7 heteroatoms. The number of nitrogens with zero attached hydrogens (tertiary/aromatic N) is 1. The number of allylic oxidation sites excluding steroid dienone is 2. The molecule has 3 aromatic carbocycles. The molecule has 230 valence electrons. The smallest absolute Gasteiger partial charge is 0.238 e. The molecule has 1 aliphatic heterocycles. The maximum absolute atomic E-state index is 13.9. The third kappa shape index (κ3) is 6.49. The zero-order valence-corrected chi connectivity index (χ0v) is 25.6. The minimum absolute atomic E-state index is 0.0492. The van der Waals surface area contributed by atoms with Crippen LogP contribution in [0.4, 0.5) is 17.1 Å². The molecule has 1 heterocycles.